The number of Topliss-reactive ketones (excluding diaryl/α,β-unsaturated/α-hetero) is 1. The molecule has 0 N–H and O–H groups in total. The van der Waals surface area contributed by atoms with Crippen LogP contribution in [0, 0.1) is 67.2 Å². The van der Waals surface area contributed by atoms with Crippen LogP contribution < -0.4 is 0 Å². The second-order valence-electron chi connectivity index (χ2n) is 7.12. The molecule has 0 aromatic carbocycles. The molecule has 0 aromatic rings. The minimum atomic E-state index is -3.78. The quantitative estimate of drug-likeness (QED) is 0.446. The van der Waals surface area contributed by atoms with Crippen molar-refractivity contribution >= 4 is 26.2 Å². The van der Waals surface area contributed by atoms with Crippen molar-refractivity contribution in [3.63, 3.8) is 0 Å². The highest BCUT2D eigenvalue weighted by Crippen LogP contribution is 2.38. The molecule has 0 bridgehead atoms. The number of hydrogen-bond donors (Lipinski definition) is 0. The van der Waals surface area contributed by atoms with E-state index >= 15 is 0 Å². The summed E-state index contributed by atoms with van der Waals surface area (Å²) in [5.74, 6) is -1.38. The molecule has 150 valence electrons. The van der Waals surface area contributed by atoms with Crippen molar-refractivity contribution in [1.29, 1.82) is 0 Å². The molecule has 0 aromatic heterocycles. The van der Waals surface area contributed by atoms with Gasteiger partial charge in [-0.15, -0.1) is 0 Å². The van der Waals surface area contributed by atoms with Crippen LogP contribution in [0.15, 0.2) is 0 Å². The lowest BCUT2D eigenvalue weighted by molar-refractivity contribution is -0.156. The fourth-order valence-electron chi connectivity index (χ4n) is 2.66. The van der Waals surface area contributed by atoms with Gasteiger partial charge in [-0.2, -0.15) is 0 Å². The molecule has 1 heterocycles. The number of carbonyl (C=O) groups excluding carboxylic acids is 3. The van der Waals surface area contributed by atoms with Crippen molar-refractivity contribution in [2.24, 2.45) is 5.41 Å². The van der Waals surface area contributed by atoms with Gasteiger partial charge >= 0.3 is 12.1 Å². The first-order chi connectivity index (χ1) is 13.0. The van der Waals surface area contributed by atoms with Gasteiger partial charge in [0.25, 0.3) is 0 Å². The van der Waals surface area contributed by atoms with E-state index in [1.807, 2.05) is 0 Å². The van der Waals surface area contributed by atoms with Gasteiger partial charge in [-0.3, -0.25) is 9.59 Å². The van der Waals surface area contributed by atoms with E-state index < -0.39 is 48.8 Å². The SMILES string of the molecule is [CH]OC(=O)C1(CC(=O)CO[Si]([CH])([CH])C([CH])([CH])[CH])CCN(C(=O)OC([CH])([CH])[CH])CC1. The smallest absolute Gasteiger partial charge is 0.410 e. The predicted octanol–water partition coefficient (Wildman–Crippen LogP) is 1.58. The fourth-order valence-corrected chi connectivity index (χ4v) is 3.31. The van der Waals surface area contributed by atoms with Gasteiger partial charge in [-0.25, -0.2) is 4.79 Å². The largest absolute Gasteiger partial charge is 0.454 e. The van der Waals surface area contributed by atoms with Gasteiger partial charge in [0.2, 0.25) is 8.32 Å². The molecule has 1 aliphatic heterocycles. The van der Waals surface area contributed by atoms with Gasteiger partial charge in [-0.1, -0.05) is 0 Å². The molecule has 0 atom stereocenters. The average molecular weight is 411 g/mol. The molecule has 8 heteroatoms. The van der Waals surface area contributed by atoms with Gasteiger partial charge in [-0.05, 0) is 46.7 Å². The Balaban J connectivity index is 2.78. The Morgan fingerprint density at radius 1 is 1.00 bits per heavy atom. The van der Waals surface area contributed by atoms with Crippen molar-refractivity contribution in [2.45, 2.75) is 29.9 Å². The predicted molar refractivity (Wildman–Crippen MR) is 101 cm³/mol. The van der Waals surface area contributed by atoms with E-state index in [1.165, 1.54) is 4.90 Å². The maximum Gasteiger partial charge on any atom is 0.410 e. The average Bonchev–Trinajstić information content (AvgIpc) is 2.57. The molecular formula is C21H21NO6Si. The van der Waals surface area contributed by atoms with E-state index in [9.17, 15) is 14.4 Å². The third-order valence-electron chi connectivity index (χ3n) is 4.47. The fraction of sp³-hybridized carbons (Fsp3) is 0.429. The second-order valence-corrected chi connectivity index (χ2v) is 9.87. The molecule has 0 spiro atoms. The van der Waals surface area contributed by atoms with Crippen LogP contribution in [0.1, 0.15) is 19.3 Å². The number of amides is 1. The second kappa shape index (κ2) is 9.16. The lowest BCUT2D eigenvalue weighted by Gasteiger charge is -2.39. The molecule has 0 aliphatic carbocycles. The van der Waals surface area contributed by atoms with Crippen LogP contribution in [-0.2, 0) is 23.5 Å². The molecule has 1 aliphatic rings. The van der Waals surface area contributed by atoms with E-state index in [2.05, 4.69) is 9.47 Å². The summed E-state index contributed by atoms with van der Waals surface area (Å²) >= 11 is 0. The topological polar surface area (TPSA) is 82.1 Å². The Kier molecular flexibility index (Phi) is 8.10. The third-order valence-corrected chi connectivity index (χ3v) is 6.44. The minimum absolute atomic E-state index is 0.0160. The van der Waals surface area contributed by atoms with Gasteiger partial charge in [0, 0.05) is 45.3 Å². The van der Waals surface area contributed by atoms with Crippen molar-refractivity contribution < 1.29 is 28.3 Å². The number of carbonyl (C=O) groups is 3. The monoisotopic (exact) mass is 411 g/mol. The first-order valence-corrected chi connectivity index (χ1v) is 10.4. The maximum atomic E-state index is 12.4. The summed E-state index contributed by atoms with van der Waals surface area (Å²) in [4.78, 5) is 37.8. The number of hydrogen-bond acceptors (Lipinski definition) is 6. The standard InChI is InChI=1S/C21H21NO6Si/c1-19(2,3)28-18(25)22-12-10-21(11-13-22,17(24)26-7)14-16(23)15-27-29(8,9)20(4,5)6/h1-9H,10-15H2. The minimum Gasteiger partial charge on any atom is -0.454 e. The summed E-state index contributed by atoms with van der Waals surface area (Å²) in [6, 6.07) is 0. The zero-order valence-corrected chi connectivity index (χ0v) is 16.8. The number of rotatable bonds is 8. The van der Waals surface area contributed by atoms with Gasteiger partial charge in [0.1, 0.15) is 5.60 Å². The number of ketones is 1. The normalized spacial score (nSPS) is 17.6. The third kappa shape index (κ3) is 7.10. The van der Waals surface area contributed by atoms with Gasteiger partial charge in [0.15, 0.2) is 12.9 Å². The van der Waals surface area contributed by atoms with Crippen molar-refractivity contribution in [3.05, 3.63) is 61.7 Å². The van der Waals surface area contributed by atoms with Crippen LogP contribution in [0.4, 0.5) is 4.79 Å². The highest BCUT2D eigenvalue weighted by atomic mass is 28.4. The van der Waals surface area contributed by atoms with E-state index in [0.717, 1.165) is 0 Å². The summed E-state index contributed by atoms with van der Waals surface area (Å²) in [6.45, 7) is 42.7. The summed E-state index contributed by atoms with van der Waals surface area (Å²) in [5.41, 5.74) is -3.46. The summed E-state index contributed by atoms with van der Waals surface area (Å²) in [7, 11) is 1.24. The van der Waals surface area contributed by atoms with E-state index in [0.29, 0.717) is 0 Å². The van der Waals surface area contributed by atoms with E-state index in [-0.39, 0.29) is 32.4 Å². The summed E-state index contributed by atoms with van der Waals surface area (Å²) in [6.07, 6.45) is -1.15. The van der Waals surface area contributed by atoms with Crippen molar-refractivity contribution in [1.82, 2.24) is 4.90 Å². The molecule has 29 heavy (non-hydrogen) atoms. The highest BCUT2D eigenvalue weighted by Gasteiger charge is 2.46. The summed E-state index contributed by atoms with van der Waals surface area (Å²) < 4.78 is 14.1. The number of likely N-dealkylation sites (tertiary alicyclic amines) is 1. The first-order valence-electron chi connectivity index (χ1n) is 8.39. The van der Waals surface area contributed by atoms with Gasteiger partial charge < -0.3 is 18.8 Å². The molecule has 18 radical (unpaired) electrons. The molecule has 0 unspecified atom stereocenters. The summed E-state index contributed by atoms with van der Waals surface area (Å²) in [5, 5.41) is -1.99. The number of nitrogens with zero attached hydrogens (tertiary/aromatic N) is 1. The Labute approximate surface area is 176 Å². The molecule has 1 fully saturated rings. The molecule has 0 saturated carbocycles. The van der Waals surface area contributed by atoms with Crippen molar-refractivity contribution in [2.75, 3.05) is 19.7 Å². The number of ether oxygens (including phenoxy) is 2. The van der Waals surface area contributed by atoms with Crippen molar-refractivity contribution in [3.8, 4) is 0 Å². The Morgan fingerprint density at radius 3 is 1.93 bits per heavy atom. The Hall–Kier alpha value is -1.41. The van der Waals surface area contributed by atoms with Crippen LogP contribution in [0.5, 0.6) is 0 Å². The molecule has 1 amide bonds. The molecule has 7 nitrogen and oxygen atoms in total. The van der Waals surface area contributed by atoms with Crippen LogP contribution >= 0.6 is 0 Å². The zero-order chi connectivity index (χ0) is 22.7. The number of esters is 1. The molecule has 1 rings (SSSR count). The van der Waals surface area contributed by atoms with Crippen LogP contribution in [-0.4, -0.2) is 56.4 Å². The lowest BCUT2D eigenvalue weighted by atomic mass is 9.74. The Bertz CT molecular complexity index is 610. The van der Waals surface area contributed by atoms with E-state index in [4.69, 9.17) is 66.2 Å². The highest BCUT2D eigenvalue weighted by molar-refractivity contribution is 6.81. The first kappa shape index (κ1) is 25.6. The number of piperidine rings is 1. The van der Waals surface area contributed by atoms with Crippen LogP contribution in [0.25, 0.3) is 0 Å². The van der Waals surface area contributed by atoms with E-state index in [1.54, 1.807) is 0 Å². The maximum absolute atomic E-state index is 12.4. The van der Waals surface area contributed by atoms with Crippen LogP contribution in [0.3, 0.4) is 0 Å². The zero-order valence-electron chi connectivity index (χ0n) is 15.8. The van der Waals surface area contributed by atoms with Gasteiger partial charge in [0.05, 0.1) is 12.0 Å². The lowest BCUT2D eigenvalue weighted by Crippen LogP contribution is -2.49. The van der Waals surface area contributed by atoms with Crippen LogP contribution in [0.2, 0.25) is 5.04 Å². The molecular weight excluding hydrogens is 390 g/mol. The Morgan fingerprint density at radius 2 is 1.52 bits per heavy atom. The molecule has 1 saturated heterocycles.